The van der Waals surface area contributed by atoms with Gasteiger partial charge in [-0.1, -0.05) is 0 Å². The van der Waals surface area contributed by atoms with Gasteiger partial charge < -0.3 is 26.0 Å². The first-order valence-corrected chi connectivity index (χ1v) is 13.8. The second-order valence-corrected chi connectivity index (χ2v) is 11.1. The third-order valence-electron chi connectivity index (χ3n) is 8.11. The van der Waals surface area contributed by atoms with Crippen molar-refractivity contribution in [3.63, 3.8) is 0 Å². The van der Waals surface area contributed by atoms with Gasteiger partial charge in [-0.05, 0) is 38.5 Å². The van der Waals surface area contributed by atoms with E-state index in [0.29, 0.717) is 12.8 Å². The minimum Gasteiger partial charge on any atom is -0.363 e. The van der Waals surface area contributed by atoms with E-state index in [4.69, 9.17) is 4.74 Å². The third kappa shape index (κ3) is 6.48. The number of halogens is 6. The van der Waals surface area contributed by atoms with Gasteiger partial charge in [0, 0.05) is 40.6 Å². The first-order valence-electron chi connectivity index (χ1n) is 13.8. The number of likely N-dealkylation sites (N-methyl/N-ethyl adjacent to an activating group) is 2. The Kier molecular flexibility index (Phi) is 8.98. The fourth-order valence-electron chi connectivity index (χ4n) is 5.66. The summed E-state index contributed by atoms with van der Waals surface area (Å²) in [6.07, 6.45) is -6.79. The van der Waals surface area contributed by atoms with Crippen LogP contribution in [0.5, 0.6) is 0 Å². The lowest BCUT2D eigenvalue weighted by molar-refractivity contribution is -0.238. The summed E-state index contributed by atoms with van der Waals surface area (Å²) in [4.78, 5) is 52.6. The van der Waals surface area contributed by atoms with E-state index in [0.717, 1.165) is 21.8 Å². The monoisotopic (exact) mass is 650 g/mol. The van der Waals surface area contributed by atoms with E-state index in [-0.39, 0.29) is 25.7 Å². The SMILES string of the molecule is CNC(=O)C(NC(=O)c1cn(C)nc1C(F)(F)F)C1(OC2(C(NC(=O)c3cn(C)nc3C(F)(F)F)C(=O)NC)CCC2)CCC1. The summed E-state index contributed by atoms with van der Waals surface area (Å²) >= 11 is 0. The first kappa shape index (κ1) is 33.7. The first-order chi connectivity index (χ1) is 20.9. The molecule has 2 aromatic rings. The van der Waals surface area contributed by atoms with Crippen LogP contribution < -0.4 is 21.3 Å². The van der Waals surface area contributed by atoms with Crippen LogP contribution in [0.4, 0.5) is 26.3 Å². The van der Waals surface area contributed by atoms with Gasteiger partial charge in [-0.15, -0.1) is 0 Å². The Bertz CT molecular complexity index is 1370. The minimum atomic E-state index is -4.98. The van der Waals surface area contributed by atoms with Gasteiger partial charge in [-0.3, -0.25) is 28.5 Å². The normalized spacial score (nSPS) is 18.5. The number of carbonyl (C=O) groups excluding carboxylic acids is 4. The van der Waals surface area contributed by atoms with E-state index in [9.17, 15) is 45.5 Å². The minimum absolute atomic E-state index is 0.127. The average molecular weight is 651 g/mol. The summed E-state index contributed by atoms with van der Waals surface area (Å²) in [5, 5.41) is 16.1. The molecule has 0 aliphatic heterocycles. The number of carbonyl (C=O) groups is 4. The molecule has 2 aliphatic rings. The number of aryl methyl sites for hydroxylation is 2. The van der Waals surface area contributed by atoms with Crippen molar-refractivity contribution < 1.29 is 50.3 Å². The highest BCUT2D eigenvalue weighted by molar-refractivity contribution is 5.99. The molecular formula is C26H32F6N8O5. The molecule has 4 rings (SSSR count). The summed E-state index contributed by atoms with van der Waals surface area (Å²) in [5.41, 5.74) is -7.68. The summed E-state index contributed by atoms with van der Waals surface area (Å²) in [6, 6.07) is -3.11. The van der Waals surface area contributed by atoms with Crippen molar-refractivity contribution in [3.05, 3.63) is 34.9 Å². The summed E-state index contributed by atoms with van der Waals surface area (Å²) in [6.45, 7) is 0. The fraction of sp³-hybridized carbons (Fsp3) is 0.615. The van der Waals surface area contributed by atoms with Crippen LogP contribution in [-0.4, -0.2) is 80.6 Å². The molecule has 0 aromatic carbocycles. The van der Waals surface area contributed by atoms with Crippen molar-refractivity contribution in [1.82, 2.24) is 40.8 Å². The largest absolute Gasteiger partial charge is 0.435 e. The lowest BCUT2D eigenvalue weighted by Crippen LogP contribution is -2.71. The fourth-order valence-corrected chi connectivity index (χ4v) is 5.66. The molecule has 19 heteroatoms. The average Bonchev–Trinajstić information content (AvgIpc) is 3.52. The van der Waals surface area contributed by atoms with E-state index in [1.807, 2.05) is 0 Å². The summed E-state index contributed by atoms with van der Waals surface area (Å²) < 4.78 is 89.6. The topological polar surface area (TPSA) is 161 Å². The second-order valence-electron chi connectivity index (χ2n) is 11.1. The van der Waals surface area contributed by atoms with Crippen LogP contribution in [-0.2, 0) is 40.8 Å². The molecule has 4 N–H and O–H groups in total. The highest BCUT2D eigenvalue weighted by atomic mass is 19.4. The molecule has 2 saturated carbocycles. The van der Waals surface area contributed by atoms with E-state index >= 15 is 0 Å². The molecule has 0 radical (unpaired) electrons. The lowest BCUT2D eigenvalue weighted by Gasteiger charge is -2.56. The number of aromatic nitrogens is 4. The van der Waals surface area contributed by atoms with Crippen molar-refractivity contribution in [2.45, 2.75) is 74.2 Å². The van der Waals surface area contributed by atoms with Gasteiger partial charge >= 0.3 is 12.4 Å². The van der Waals surface area contributed by atoms with Gasteiger partial charge in [0.25, 0.3) is 11.8 Å². The molecule has 13 nitrogen and oxygen atoms in total. The highest BCUT2D eigenvalue weighted by Crippen LogP contribution is 2.49. The maximum Gasteiger partial charge on any atom is 0.435 e. The van der Waals surface area contributed by atoms with Crippen LogP contribution in [0.2, 0.25) is 0 Å². The molecule has 4 amide bonds. The molecule has 0 bridgehead atoms. The number of hydrogen-bond acceptors (Lipinski definition) is 7. The maximum atomic E-state index is 13.6. The molecule has 2 heterocycles. The van der Waals surface area contributed by atoms with E-state index in [1.54, 1.807) is 0 Å². The van der Waals surface area contributed by atoms with Crippen LogP contribution in [0, 0.1) is 0 Å². The predicted octanol–water partition coefficient (Wildman–Crippen LogP) is 1.44. The number of amides is 4. The van der Waals surface area contributed by atoms with E-state index < -0.39 is 81.8 Å². The molecule has 2 fully saturated rings. The number of alkyl halides is 6. The Morgan fingerprint density at radius 3 is 1.31 bits per heavy atom. The van der Waals surface area contributed by atoms with Crippen LogP contribution >= 0.6 is 0 Å². The van der Waals surface area contributed by atoms with E-state index in [1.165, 1.54) is 28.2 Å². The van der Waals surface area contributed by atoms with Gasteiger partial charge in [-0.2, -0.15) is 36.5 Å². The zero-order valence-electron chi connectivity index (χ0n) is 24.6. The molecule has 0 saturated heterocycles. The summed E-state index contributed by atoms with van der Waals surface area (Å²) in [5.74, 6) is -4.12. The number of nitrogens with one attached hydrogen (secondary N) is 4. The predicted molar refractivity (Wildman–Crippen MR) is 141 cm³/mol. The Balaban J connectivity index is 1.68. The number of hydrogen-bond donors (Lipinski definition) is 4. The Morgan fingerprint density at radius 1 is 0.733 bits per heavy atom. The molecule has 2 aromatic heterocycles. The third-order valence-corrected chi connectivity index (χ3v) is 8.11. The number of ether oxygens (including phenoxy) is 1. The molecular weight excluding hydrogens is 618 g/mol. The Hall–Kier alpha value is -4.16. The second kappa shape index (κ2) is 12.0. The van der Waals surface area contributed by atoms with Crippen molar-refractivity contribution in [3.8, 4) is 0 Å². The van der Waals surface area contributed by atoms with Crippen LogP contribution in [0.3, 0.4) is 0 Å². The van der Waals surface area contributed by atoms with Crippen LogP contribution in [0.1, 0.15) is 70.6 Å². The van der Waals surface area contributed by atoms with Gasteiger partial charge in [0.15, 0.2) is 11.4 Å². The van der Waals surface area contributed by atoms with Crippen molar-refractivity contribution in [1.29, 1.82) is 0 Å². The standard InChI is InChI=1S/C26H32F6N8O5/c1-33-21(43)17(35-19(41)13-11-39(3)37-15(13)25(27,28)29)23(7-5-8-23)45-24(9-6-10-24)18(22(44)34-2)36-20(42)14-12-40(4)38-16(14)26(30,31)32/h11-12,17-18H,5-10H2,1-4H3,(H,33,43)(H,34,44)(H,35,41)(H,36,42). The molecule has 2 atom stereocenters. The van der Waals surface area contributed by atoms with Crippen molar-refractivity contribution in [2.24, 2.45) is 14.1 Å². The van der Waals surface area contributed by atoms with Crippen LogP contribution in [0.25, 0.3) is 0 Å². The zero-order chi connectivity index (χ0) is 33.5. The van der Waals surface area contributed by atoms with Gasteiger partial charge in [0.05, 0.1) is 22.3 Å². The van der Waals surface area contributed by atoms with Gasteiger partial charge in [-0.25, -0.2) is 0 Å². The molecule has 248 valence electrons. The highest BCUT2D eigenvalue weighted by Gasteiger charge is 2.59. The maximum absolute atomic E-state index is 13.6. The molecule has 2 unspecified atom stereocenters. The molecule has 45 heavy (non-hydrogen) atoms. The smallest absolute Gasteiger partial charge is 0.363 e. The molecule has 0 spiro atoms. The van der Waals surface area contributed by atoms with Gasteiger partial charge in [0.2, 0.25) is 11.8 Å². The van der Waals surface area contributed by atoms with Crippen molar-refractivity contribution >= 4 is 23.6 Å². The Labute approximate surface area is 252 Å². The quantitative estimate of drug-likeness (QED) is 0.283. The summed E-state index contributed by atoms with van der Waals surface area (Å²) in [7, 11) is 4.88. The van der Waals surface area contributed by atoms with Gasteiger partial charge in [0.1, 0.15) is 12.1 Å². The molecule has 2 aliphatic carbocycles. The van der Waals surface area contributed by atoms with Crippen molar-refractivity contribution in [2.75, 3.05) is 14.1 Å². The number of rotatable bonds is 10. The number of nitrogens with zero attached hydrogens (tertiary/aromatic N) is 4. The van der Waals surface area contributed by atoms with E-state index in [2.05, 4.69) is 31.5 Å². The zero-order valence-corrected chi connectivity index (χ0v) is 24.6. The Morgan fingerprint density at radius 2 is 1.07 bits per heavy atom. The lowest BCUT2D eigenvalue weighted by atomic mass is 9.69. The van der Waals surface area contributed by atoms with Crippen LogP contribution in [0.15, 0.2) is 12.4 Å².